The summed E-state index contributed by atoms with van der Waals surface area (Å²) in [4.78, 5) is 14.6. The van der Waals surface area contributed by atoms with Crippen molar-refractivity contribution in [1.29, 1.82) is 0 Å². The average molecular weight is 394 g/mol. The van der Waals surface area contributed by atoms with Crippen LogP contribution in [0.25, 0.3) is 0 Å². The Hall–Kier alpha value is -3.61. The molecule has 0 fully saturated rings. The zero-order valence-corrected chi connectivity index (χ0v) is 15.2. The largest absolute Gasteiger partial charge is 0.454 e. The third kappa shape index (κ3) is 3.04. The Kier molecular flexibility index (Phi) is 4.08. The molecule has 0 spiro atoms. The van der Waals surface area contributed by atoms with Crippen molar-refractivity contribution in [3.8, 4) is 11.5 Å². The van der Waals surface area contributed by atoms with E-state index in [4.69, 9.17) is 9.47 Å². The van der Waals surface area contributed by atoms with Crippen LogP contribution >= 0.6 is 0 Å². The van der Waals surface area contributed by atoms with E-state index in [9.17, 15) is 13.6 Å². The minimum Gasteiger partial charge on any atom is -0.454 e. The van der Waals surface area contributed by atoms with Crippen LogP contribution in [-0.2, 0) is 6.54 Å². The molecule has 5 rings (SSSR count). The molecule has 2 heterocycles. The van der Waals surface area contributed by atoms with Gasteiger partial charge in [0.25, 0.3) is 5.91 Å². The highest BCUT2D eigenvalue weighted by Gasteiger charge is 2.37. The smallest absolute Gasteiger partial charge is 0.256 e. The lowest BCUT2D eigenvalue weighted by Crippen LogP contribution is -2.32. The summed E-state index contributed by atoms with van der Waals surface area (Å²) in [5.74, 6) is -0.0682. The second-order valence-electron chi connectivity index (χ2n) is 6.88. The van der Waals surface area contributed by atoms with Gasteiger partial charge in [-0.3, -0.25) is 4.79 Å². The topological polar surface area (TPSA) is 50.8 Å². The first-order chi connectivity index (χ1) is 14.1. The van der Waals surface area contributed by atoms with Crippen molar-refractivity contribution in [3.05, 3.63) is 89.0 Å². The molecule has 7 heteroatoms. The Morgan fingerprint density at radius 2 is 1.83 bits per heavy atom. The molecule has 146 valence electrons. The first-order valence-electron chi connectivity index (χ1n) is 9.10. The molecule has 0 saturated heterocycles. The molecule has 29 heavy (non-hydrogen) atoms. The van der Waals surface area contributed by atoms with Crippen LogP contribution < -0.4 is 14.8 Å². The summed E-state index contributed by atoms with van der Waals surface area (Å²) in [6.07, 6.45) is -0.638. The lowest BCUT2D eigenvalue weighted by Gasteiger charge is -2.27. The first-order valence-corrected chi connectivity index (χ1v) is 9.10. The van der Waals surface area contributed by atoms with Crippen LogP contribution in [0.4, 0.5) is 14.5 Å². The number of anilines is 1. The van der Waals surface area contributed by atoms with Crippen molar-refractivity contribution in [3.63, 3.8) is 0 Å². The Morgan fingerprint density at radius 3 is 2.72 bits per heavy atom. The molecule has 0 aromatic heterocycles. The molecule has 0 saturated carbocycles. The third-order valence-corrected chi connectivity index (χ3v) is 5.07. The van der Waals surface area contributed by atoms with E-state index in [1.807, 2.05) is 24.3 Å². The summed E-state index contributed by atoms with van der Waals surface area (Å²) in [7, 11) is 0. The zero-order valence-electron chi connectivity index (χ0n) is 15.2. The van der Waals surface area contributed by atoms with Crippen LogP contribution in [0, 0.1) is 11.6 Å². The molecule has 0 radical (unpaired) electrons. The van der Waals surface area contributed by atoms with Crippen LogP contribution in [0.5, 0.6) is 11.5 Å². The van der Waals surface area contributed by atoms with E-state index in [2.05, 4.69) is 5.32 Å². The summed E-state index contributed by atoms with van der Waals surface area (Å²) in [5, 5.41) is 2.99. The molecule has 3 aromatic carbocycles. The van der Waals surface area contributed by atoms with Crippen LogP contribution in [-0.4, -0.2) is 17.6 Å². The summed E-state index contributed by atoms with van der Waals surface area (Å²) in [5.41, 5.74) is 2.07. The van der Waals surface area contributed by atoms with Crippen molar-refractivity contribution in [2.45, 2.75) is 12.7 Å². The van der Waals surface area contributed by atoms with E-state index < -0.39 is 17.8 Å². The molecule has 0 bridgehead atoms. The number of halogens is 2. The van der Waals surface area contributed by atoms with Crippen molar-refractivity contribution >= 4 is 11.6 Å². The van der Waals surface area contributed by atoms with Crippen LogP contribution in [0.2, 0.25) is 0 Å². The minimum absolute atomic E-state index is 0.00445. The van der Waals surface area contributed by atoms with Crippen molar-refractivity contribution in [2.75, 3.05) is 12.1 Å². The standard InChI is InChI=1S/C22H16F2N2O3/c23-14-6-7-17(24)18(10-14)25-21-15-3-1-2-4-16(15)22(27)26(21)11-13-5-8-19-20(9-13)29-12-28-19/h1-10,21,25H,11-12H2/t21-/m1/s1. The van der Waals surface area contributed by atoms with Gasteiger partial charge < -0.3 is 19.7 Å². The number of rotatable bonds is 4. The molecule has 0 aliphatic carbocycles. The summed E-state index contributed by atoms with van der Waals surface area (Å²) < 4.78 is 38.6. The van der Waals surface area contributed by atoms with Crippen LogP contribution in [0.15, 0.2) is 60.7 Å². The summed E-state index contributed by atoms with van der Waals surface area (Å²) in [6.45, 7) is 0.425. The van der Waals surface area contributed by atoms with Gasteiger partial charge in [-0.15, -0.1) is 0 Å². The van der Waals surface area contributed by atoms with E-state index in [0.717, 1.165) is 23.8 Å². The zero-order chi connectivity index (χ0) is 20.0. The number of nitrogens with zero attached hydrogens (tertiary/aromatic N) is 1. The SMILES string of the molecule is O=C1c2ccccc2[C@H](Nc2cc(F)ccc2F)N1Cc1ccc2c(c1)OCO2. The van der Waals surface area contributed by atoms with Gasteiger partial charge in [0.15, 0.2) is 11.5 Å². The van der Waals surface area contributed by atoms with Gasteiger partial charge in [-0.25, -0.2) is 8.78 Å². The average Bonchev–Trinajstić information content (AvgIpc) is 3.29. The number of hydrogen-bond donors (Lipinski definition) is 1. The molecule has 1 amide bonds. The fraction of sp³-hybridized carbons (Fsp3) is 0.136. The minimum atomic E-state index is -0.638. The van der Waals surface area contributed by atoms with Gasteiger partial charge >= 0.3 is 0 Å². The van der Waals surface area contributed by atoms with Crippen LogP contribution in [0.1, 0.15) is 27.7 Å². The number of benzene rings is 3. The van der Waals surface area contributed by atoms with Crippen molar-refractivity contribution < 1.29 is 23.0 Å². The molecular formula is C22H16F2N2O3. The molecule has 1 N–H and O–H groups in total. The highest BCUT2D eigenvalue weighted by molar-refractivity contribution is 5.99. The highest BCUT2D eigenvalue weighted by Crippen LogP contribution is 2.38. The van der Waals surface area contributed by atoms with E-state index in [-0.39, 0.29) is 24.9 Å². The number of fused-ring (bicyclic) bond motifs is 2. The van der Waals surface area contributed by atoms with Gasteiger partial charge in [0.05, 0.1) is 5.69 Å². The predicted molar refractivity (Wildman–Crippen MR) is 102 cm³/mol. The second-order valence-corrected chi connectivity index (χ2v) is 6.88. The number of hydrogen-bond acceptors (Lipinski definition) is 4. The molecular weight excluding hydrogens is 378 g/mol. The summed E-state index contributed by atoms with van der Waals surface area (Å²) >= 11 is 0. The van der Waals surface area contributed by atoms with E-state index in [1.165, 1.54) is 0 Å². The second kappa shape index (κ2) is 6.77. The van der Waals surface area contributed by atoms with Gasteiger partial charge in [-0.1, -0.05) is 24.3 Å². The lowest BCUT2D eigenvalue weighted by molar-refractivity contribution is 0.0728. The number of carbonyl (C=O) groups excluding carboxylic acids is 1. The Morgan fingerprint density at radius 1 is 1.00 bits per heavy atom. The molecule has 5 nitrogen and oxygen atoms in total. The van der Waals surface area contributed by atoms with Gasteiger partial charge in [0.2, 0.25) is 6.79 Å². The quantitative estimate of drug-likeness (QED) is 0.710. The highest BCUT2D eigenvalue weighted by atomic mass is 19.1. The summed E-state index contributed by atoms with van der Waals surface area (Å²) in [6, 6.07) is 15.8. The van der Waals surface area contributed by atoms with Gasteiger partial charge in [-0.05, 0) is 35.9 Å². The Balaban J connectivity index is 1.50. The fourth-order valence-corrected chi connectivity index (χ4v) is 3.68. The maximum Gasteiger partial charge on any atom is 0.256 e. The fourth-order valence-electron chi connectivity index (χ4n) is 3.68. The van der Waals surface area contributed by atoms with Gasteiger partial charge in [0.1, 0.15) is 17.8 Å². The Labute approximate surface area is 165 Å². The molecule has 2 aliphatic heterocycles. The number of carbonyl (C=O) groups is 1. The number of amides is 1. The maximum atomic E-state index is 14.2. The predicted octanol–water partition coefficient (Wildman–Crippen LogP) is 4.46. The molecule has 3 aromatic rings. The first kappa shape index (κ1) is 17.5. The monoisotopic (exact) mass is 394 g/mol. The Bertz CT molecular complexity index is 1120. The van der Waals surface area contributed by atoms with E-state index >= 15 is 0 Å². The molecule has 1 atom stereocenters. The van der Waals surface area contributed by atoms with Crippen LogP contribution in [0.3, 0.4) is 0 Å². The van der Waals surface area contributed by atoms with E-state index in [0.29, 0.717) is 22.6 Å². The maximum absolute atomic E-state index is 14.2. The molecule has 2 aliphatic rings. The number of ether oxygens (including phenoxy) is 2. The van der Waals surface area contributed by atoms with Gasteiger partial charge in [-0.2, -0.15) is 0 Å². The van der Waals surface area contributed by atoms with Crippen molar-refractivity contribution in [1.82, 2.24) is 4.90 Å². The lowest BCUT2D eigenvalue weighted by atomic mass is 10.1. The van der Waals surface area contributed by atoms with Gasteiger partial charge in [0, 0.05) is 23.7 Å². The third-order valence-electron chi connectivity index (χ3n) is 5.07. The normalized spacial score (nSPS) is 16.8. The molecule has 0 unspecified atom stereocenters. The van der Waals surface area contributed by atoms with Crippen molar-refractivity contribution in [2.24, 2.45) is 0 Å². The number of nitrogens with one attached hydrogen (secondary N) is 1. The van der Waals surface area contributed by atoms with E-state index in [1.54, 1.807) is 23.1 Å².